The molecule has 0 aliphatic rings. The molecule has 116 valence electrons. The largest absolute Gasteiger partial charge is 0.376 e. The van der Waals surface area contributed by atoms with Crippen LogP contribution in [0.15, 0.2) is 0 Å². The molecule has 4 nitrogen and oxygen atoms in total. The summed E-state index contributed by atoms with van der Waals surface area (Å²) in [6.45, 7) is 7.49. The number of sulfonamides is 1. The van der Waals surface area contributed by atoms with Crippen molar-refractivity contribution in [3.63, 3.8) is 0 Å². The summed E-state index contributed by atoms with van der Waals surface area (Å²) in [7, 11) is -1.63. The Morgan fingerprint density at radius 1 is 1.37 bits per heavy atom. The van der Waals surface area contributed by atoms with E-state index < -0.39 is 28.3 Å². The fourth-order valence-electron chi connectivity index (χ4n) is 1.95. The Morgan fingerprint density at radius 2 is 1.89 bits per heavy atom. The second-order valence-electron chi connectivity index (χ2n) is 5.82. The molecule has 0 aliphatic heterocycles. The number of ether oxygens (including phenoxy) is 1. The first kappa shape index (κ1) is 18.8. The molecule has 0 aliphatic carbocycles. The van der Waals surface area contributed by atoms with Gasteiger partial charge in [0.15, 0.2) is 0 Å². The van der Waals surface area contributed by atoms with Gasteiger partial charge in [0.05, 0.1) is 12.4 Å². The van der Waals surface area contributed by atoms with Crippen molar-refractivity contribution in [2.24, 2.45) is 5.92 Å². The van der Waals surface area contributed by atoms with Crippen molar-refractivity contribution < 1.29 is 17.5 Å². The molecule has 0 heterocycles. The molecule has 0 spiro atoms. The van der Waals surface area contributed by atoms with Gasteiger partial charge in [0, 0.05) is 19.2 Å². The van der Waals surface area contributed by atoms with Crippen LogP contribution < -0.4 is 0 Å². The molecular weight excluding hydrogens is 269 g/mol. The Hall–Kier alpha value is -0.200. The summed E-state index contributed by atoms with van der Waals surface area (Å²) >= 11 is 0. The highest BCUT2D eigenvalue weighted by Gasteiger charge is 2.32. The van der Waals surface area contributed by atoms with E-state index in [0.717, 1.165) is 6.42 Å². The van der Waals surface area contributed by atoms with Crippen molar-refractivity contribution in [2.45, 2.75) is 52.2 Å². The zero-order valence-electron chi connectivity index (χ0n) is 12.9. The number of alkyl halides is 1. The summed E-state index contributed by atoms with van der Waals surface area (Å²) in [5, 5.41) is 0. The van der Waals surface area contributed by atoms with Gasteiger partial charge in [0.1, 0.15) is 6.67 Å². The lowest BCUT2D eigenvalue weighted by Crippen LogP contribution is -2.46. The molecule has 0 rings (SSSR count). The molecule has 0 saturated carbocycles. The van der Waals surface area contributed by atoms with Gasteiger partial charge in [0.25, 0.3) is 0 Å². The summed E-state index contributed by atoms with van der Waals surface area (Å²) in [6.07, 6.45) is 2.37. The SMILES string of the molecule is CCC(CO[C@H](C)CF)CC(C)(C)N(C)S(C)(=O)=O. The minimum Gasteiger partial charge on any atom is -0.376 e. The zero-order chi connectivity index (χ0) is 15.3. The van der Waals surface area contributed by atoms with Gasteiger partial charge in [-0.25, -0.2) is 12.8 Å². The van der Waals surface area contributed by atoms with Crippen LogP contribution in [0.2, 0.25) is 0 Å². The maximum Gasteiger partial charge on any atom is 0.211 e. The third kappa shape index (κ3) is 6.68. The van der Waals surface area contributed by atoms with Crippen LogP contribution in [0.4, 0.5) is 4.39 Å². The molecule has 2 atom stereocenters. The quantitative estimate of drug-likeness (QED) is 0.657. The van der Waals surface area contributed by atoms with Crippen LogP contribution >= 0.6 is 0 Å². The molecule has 0 aromatic heterocycles. The fraction of sp³-hybridized carbons (Fsp3) is 1.00. The minimum atomic E-state index is -3.22. The van der Waals surface area contributed by atoms with Crippen LogP contribution in [0.1, 0.15) is 40.5 Å². The van der Waals surface area contributed by atoms with Gasteiger partial charge >= 0.3 is 0 Å². The molecular formula is C13H28FNO3S. The van der Waals surface area contributed by atoms with Crippen molar-refractivity contribution in [3.05, 3.63) is 0 Å². The Kier molecular flexibility index (Phi) is 7.47. The smallest absolute Gasteiger partial charge is 0.211 e. The highest BCUT2D eigenvalue weighted by molar-refractivity contribution is 7.88. The second kappa shape index (κ2) is 7.55. The average molecular weight is 297 g/mol. The van der Waals surface area contributed by atoms with Gasteiger partial charge in [-0.2, -0.15) is 4.31 Å². The average Bonchev–Trinajstić information content (AvgIpc) is 2.31. The Bertz CT molecular complexity index is 357. The lowest BCUT2D eigenvalue weighted by molar-refractivity contribution is 0.0149. The van der Waals surface area contributed by atoms with Crippen LogP contribution in [0.3, 0.4) is 0 Å². The van der Waals surface area contributed by atoms with E-state index in [2.05, 4.69) is 0 Å². The Labute approximate surface area is 117 Å². The molecule has 0 N–H and O–H groups in total. The third-order valence-corrected chi connectivity index (χ3v) is 5.04. The molecule has 19 heavy (non-hydrogen) atoms. The highest BCUT2D eigenvalue weighted by Crippen LogP contribution is 2.26. The van der Waals surface area contributed by atoms with E-state index in [1.165, 1.54) is 10.6 Å². The molecule has 1 unspecified atom stereocenters. The topological polar surface area (TPSA) is 46.6 Å². The van der Waals surface area contributed by atoms with Crippen LogP contribution in [0.5, 0.6) is 0 Å². The first-order chi connectivity index (χ1) is 8.54. The fourth-order valence-corrected chi connectivity index (χ4v) is 2.92. The number of rotatable bonds is 9. The van der Waals surface area contributed by atoms with Gasteiger partial charge in [-0.1, -0.05) is 13.3 Å². The highest BCUT2D eigenvalue weighted by atomic mass is 32.2. The molecule has 0 fully saturated rings. The molecule has 0 amide bonds. The van der Waals surface area contributed by atoms with Crippen LogP contribution in [-0.4, -0.2) is 51.0 Å². The monoisotopic (exact) mass is 297 g/mol. The van der Waals surface area contributed by atoms with Crippen LogP contribution in [0.25, 0.3) is 0 Å². The minimum absolute atomic E-state index is 0.216. The predicted octanol–water partition coefficient (Wildman–Crippen LogP) is 2.45. The summed E-state index contributed by atoms with van der Waals surface area (Å²) in [4.78, 5) is 0. The molecule has 0 aromatic rings. The van der Waals surface area contributed by atoms with Crippen molar-refractivity contribution in [2.75, 3.05) is 26.6 Å². The number of hydrogen-bond acceptors (Lipinski definition) is 3. The summed E-state index contributed by atoms with van der Waals surface area (Å²) in [5.74, 6) is 0.216. The van der Waals surface area contributed by atoms with E-state index in [9.17, 15) is 12.8 Å². The van der Waals surface area contributed by atoms with Crippen molar-refractivity contribution >= 4 is 10.0 Å². The number of nitrogens with zero attached hydrogens (tertiary/aromatic N) is 1. The Balaban J connectivity index is 4.60. The van der Waals surface area contributed by atoms with Gasteiger partial charge in [0.2, 0.25) is 10.0 Å². The van der Waals surface area contributed by atoms with Gasteiger partial charge in [-0.3, -0.25) is 0 Å². The van der Waals surface area contributed by atoms with E-state index >= 15 is 0 Å². The third-order valence-electron chi connectivity index (χ3n) is 3.55. The van der Waals surface area contributed by atoms with Gasteiger partial charge in [-0.15, -0.1) is 0 Å². The molecule has 6 heteroatoms. The maximum absolute atomic E-state index is 12.4. The first-order valence-electron chi connectivity index (χ1n) is 6.66. The zero-order valence-corrected chi connectivity index (χ0v) is 13.8. The second-order valence-corrected chi connectivity index (χ2v) is 7.83. The van der Waals surface area contributed by atoms with Crippen molar-refractivity contribution in [3.8, 4) is 0 Å². The summed E-state index contributed by atoms with van der Waals surface area (Å²) < 4.78 is 42.4. The summed E-state index contributed by atoms with van der Waals surface area (Å²) in [5.41, 5.74) is -0.476. The number of hydrogen-bond donors (Lipinski definition) is 0. The number of halogens is 1. The first-order valence-corrected chi connectivity index (χ1v) is 8.51. The van der Waals surface area contributed by atoms with Crippen LogP contribution in [-0.2, 0) is 14.8 Å². The van der Waals surface area contributed by atoms with Crippen LogP contribution in [0, 0.1) is 5.92 Å². The lowest BCUT2D eigenvalue weighted by Gasteiger charge is -2.36. The van der Waals surface area contributed by atoms with E-state index in [1.54, 1.807) is 14.0 Å². The normalized spacial score (nSPS) is 16.6. The molecule has 0 bridgehead atoms. The van der Waals surface area contributed by atoms with E-state index in [-0.39, 0.29) is 5.92 Å². The molecule has 0 aromatic carbocycles. The Morgan fingerprint density at radius 3 is 2.26 bits per heavy atom. The molecule has 0 saturated heterocycles. The van der Waals surface area contributed by atoms with Gasteiger partial charge < -0.3 is 4.74 Å². The summed E-state index contributed by atoms with van der Waals surface area (Å²) in [6, 6.07) is 0. The standard InChI is InChI=1S/C13H28FNO3S/c1-7-12(10-18-11(2)9-14)8-13(3,4)15(5)19(6,16)17/h11-12H,7-10H2,1-6H3/t11-,12?/m1/s1. The predicted molar refractivity (Wildman–Crippen MR) is 76.5 cm³/mol. The maximum atomic E-state index is 12.4. The van der Waals surface area contributed by atoms with E-state index in [0.29, 0.717) is 13.0 Å². The van der Waals surface area contributed by atoms with Crippen molar-refractivity contribution in [1.29, 1.82) is 0 Å². The van der Waals surface area contributed by atoms with E-state index in [4.69, 9.17) is 4.74 Å². The molecule has 0 radical (unpaired) electrons. The lowest BCUT2D eigenvalue weighted by atomic mass is 9.89. The van der Waals surface area contributed by atoms with Crippen molar-refractivity contribution in [1.82, 2.24) is 4.31 Å². The van der Waals surface area contributed by atoms with Gasteiger partial charge in [-0.05, 0) is 33.1 Å². The van der Waals surface area contributed by atoms with E-state index in [1.807, 2.05) is 20.8 Å².